The van der Waals surface area contributed by atoms with Crippen molar-refractivity contribution in [3.05, 3.63) is 35.4 Å². The summed E-state index contributed by atoms with van der Waals surface area (Å²) in [6.45, 7) is 5.65. The lowest BCUT2D eigenvalue weighted by atomic mass is 10.0. The van der Waals surface area contributed by atoms with Crippen LogP contribution in [0.4, 0.5) is 0 Å². The van der Waals surface area contributed by atoms with E-state index in [4.69, 9.17) is 15.2 Å². The zero-order chi connectivity index (χ0) is 17.4. The van der Waals surface area contributed by atoms with Gasteiger partial charge >= 0.3 is 5.97 Å². The number of benzene rings is 1. The van der Waals surface area contributed by atoms with Crippen LogP contribution in [0.2, 0.25) is 0 Å². The quantitative estimate of drug-likeness (QED) is 0.692. The molecule has 0 aliphatic rings. The molecule has 0 fully saturated rings. The van der Waals surface area contributed by atoms with Gasteiger partial charge in [-0.05, 0) is 26.3 Å². The number of nitrogens with one attached hydrogen (secondary N) is 1. The third-order valence-corrected chi connectivity index (χ3v) is 3.22. The lowest BCUT2D eigenvalue weighted by Gasteiger charge is -2.21. The molecule has 1 amide bonds. The smallest absolute Gasteiger partial charge is 0.308 e. The first kappa shape index (κ1) is 22.4. The number of hydrogen-bond acceptors (Lipinski definition) is 5. The van der Waals surface area contributed by atoms with Crippen LogP contribution in [0.3, 0.4) is 0 Å². The minimum Gasteiger partial charge on any atom is -0.463 e. The predicted molar refractivity (Wildman–Crippen MR) is 95.0 cm³/mol. The van der Waals surface area contributed by atoms with Crippen LogP contribution in [0.5, 0.6) is 0 Å². The van der Waals surface area contributed by atoms with Crippen molar-refractivity contribution in [1.29, 1.82) is 0 Å². The number of ether oxygens (including phenoxy) is 2. The van der Waals surface area contributed by atoms with Crippen LogP contribution in [0.1, 0.15) is 37.4 Å². The van der Waals surface area contributed by atoms with Crippen LogP contribution in [-0.2, 0) is 19.1 Å². The van der Waals surface area contributed by atoms with Gasteiger partial charge in [0.05, 0.1) is 25.2 Å². The van der Waals surface area contributed by atoms with Gasteiger partial charge in [0.1, 0.15) is 6.04 Å². The molecule has 2 atom stereocenters. The molecule has 1 rings (SSSR count). The van der Waals surface area contributed by atoms with Crippen molar-refractivity contribution in [2.24, 2.45) is 5.73 Å². The highest BCUT2D eigenvalue weighted by molar-refractivity contribution is 5.85. The number of rotatable bonds is 8. The molecule has 0 aromatic heterocycles. The van der Waals surface area contributed by atoms with E-state index in [0.717, 1.165) is 11.1 Å². The van der Waals surface area contributed by atoms with Gasteiger partial charge in [0.2, 0.25) is 5.91 Å². The van der Waals surface area contributed by atoms with E-state index in [2.05, 4.69) is 5.32 Å². The SMILES string of the molecule is COCC(N)C(=O)NC(CC(=O)OC(C)C)c1ccc(C)cc1.Cl. The molecule has 3 N–H and O–H groups in total. The molecule has 7 heteroatoms. The molecule has 1 aromatic rings. The summed E-state index contributed by atoms with van der Waals surface area (Å²) in [5, 5.41) is 2.80. The molecular weight excluding hydrogens is 332 g/mol. The molecule has 0 spiro atoms. The summed E-state index contributed by atoms with van der Waals surface area (Å²) in [5.41, 5.74) is 7.66. The van der Waals surface area contributed by atoms with E-state index in [1.807, 2.05) is 31.2 Å². The molecule has 0 bridgehead atoms. The monoisotopic (exact) mass is 358 g/mol. The Bertz CT molecular complexity index is 520. The second kappa shape index (κ2) is 11.0. The summed E-state index contributed by atoms with van der Waals surface area (Å²) >= 11 is 0. The summed E-state index contributed by atoms with van der Waals surface area (Å²) < 4.78 is 10.1. The van der Waals surface area contributed by atoms with Crippen LogP contribution in [0, 0.1) is 6.92 Å². The number of carbonyl (C=O) groups excluding carboxylic acids is 2. The second-order valence-corrected chi connectivity index (χ2v) is 5.78. The average Bonchev–Trinajstić information content (AvgIpc) is 2.46. The van der Waals surface area contributed by atoms with Crippen molar-refractivity contribution < 1.29 is 19.1 Å². The first-order chi connectivity index (χ1) is 10.8. The minimum atomic E-state index is -0.783. The van der Waals surface area contributed by atoms with Gasteiger partial charge in [-0.15, -0.1) is 12.4 Å². The summed E-state index contributed by atoms with van der Waals surface area (Å²) in [7, 11) is 1.48. The fourth-order valence-electron chi connectivity index (χ4n) is 2.06. The Morgan fingerprint density at radius 2 is 1.79 bits per heavy atom. The van der Waals surface area contributed by atoms with E-state index < -0.39 is 12.1 Å². The van der Waals surface area contributed by atoms with Gasteiger partial charge in [-0.25, -0.2) is 0 Å². The van der Waals surface area contributed by atoms with Crippen LogP contribution >= 0.6 is 12.4 Å². The van der Waals surface area contributed by atoms with E-state index in [1.165, 1.54) is 7.11 Å². The Morgan fingerprint density at radius 3 is 2.29 bits per heavy atom. The molecule has 24 heavy (non-hydrogen) atoms. The Balaban J connectivity index is 0.00000529. The molecule has 136 valence electrons. The summed E-state index contributed by atoms with van der Waals surface area (Å²) in [6, 6.07) is 6.34. The van der Waals surface area contributed by atoms with Crippen molar-refractivity contribution in [2.75, 3.05) is 13.7 Å². The molecule has 1 aromatic carbocycles. The van der Waals surface area contributed by atoms with Crippen molar-refractivity contribution in [2.45, 2.75) is 45.4 Å². The number of halogens is 1. The van der Waals surface area contributed by atoms with E-state index in [9.17, 15) is 9.59 Å². The number of aryl methyl sites for hydroxylation is 1. The molecule has 2 unspecified atom stereocenters. The maximum atomic E-state index is 12.1. The third kappa shape index (κ3) is 7.77. The number of esters is 1. The summed E-state index contributed by atoms with van der Waals surface area (Å²) in [6.07, 6.45) is -0.153. The van der Waals surface area contributed by atoms with Gasteiger partial charge in [0.25, 0.3) is 0 Å². The molecule has 6 nitrogen and oxygen atoms in total. The van der Waals surface area contributed by atoms with Crippen molar-refractivity contribution in [1.82, 2.24) is 5.32 Å². The van der Waals surface area contributed by atoms with Gasteiger partial charge in [-0.2, -0.15) is 0 Å². The van der Waals surface area contributed by atoms with E-state index in [0.29, 0.717) is 0 Å². The summed E-state index contributed by atoms with van der Waals surface area (Å²) in [5.74, 6) is -0.735. The Morgan fingerprint density at radius 1 is 1.21 bits per heavy atom. The standard InChI is InChI=1S/C17H26N2O4.ClH/c1-11(2)23-16(20)9-15(13-7-5-12(3)6-8-13)19-17(21)14(18)10-22-4;/h5-8,11,14-15H,9-10,18H2,1-4H3,(H,19,21);1H. The molecule has 0 aliphatic heterocycles. The van der Waals surface area contributed by atoms with Gasteiger partial charge in [0.15, 0.2) is 0 Å². The zero-order valence-corrected chi connectivity index (χ0v) is 15.4. The molecule has 0 saturated heterocycles. The lowest BCUT2D eigenvalue weighted by molar-refractivity contribution is -0.148. The fraction of sp³-hybridized carbons (Fsp3) is 0.529. The normalized spacial score (nSPS) is 12.9. The third-order valence-electron chi connectivity index (χ3n) is 3.22. The van der Waals surface area contributed by atoms with Crippen molar-refractivity contribution in [3.63, 3.8) is 0 Å². The van der Waals surface area contributed by atoms with E-state index >= 15 is 0 Å². The summed E-state index contributed by atoms with van der Waals surface area (Å²) in [4.78, 5) is 24.1. The van der Waals surface area contributed by atoms with E-state index in [1.54, 1.807) is 13.8 Å². The minimum absolute atomic E-state index is 0. The van der Waals surface area contributed by atoms with Gasteiger partial charge in [-0.3, -0.25) is 9.59 Å². The predicted octanol–water partition coefficient (Wildman–Crippen LogP) is 1.89. The van der Waals surface area contributed by atoms with Crippen LogP contribution in [-0.4, -0.2) is 37.7 Å². The largest absolute Gasteiger partial charge is 0.463 e. The van der Waals surface area contributed by atoms with Gasteiger partial charge < -0.3 is 20.5 Å². The Hall–Kier alpha value is -1.63. The van der Waals surface area contributed by atoms with Crippen molar-refractivity contribution in [3.8, 4) is 0 Å². The molecule has 0 saturated carbocycles. The highest BCUT2D eigenvalue weighted by Gasteiger charge is 2.22. The number of nitrogens with two attached hydrogens (primary N) is 1. The van der Waals surface area contributed by atoms with Gasteiger partial charge in [0, 0.05) is 7.11 Å². The lowest BCUT2D eigenvalue weighted by Crippen LogP contribution is -2.45. The Kier molecular flexibility index (Phi) is 10.3. The molecule has 0 heterocycles. The molecule has 0 radical (unpaired) electrons. The number of carbonyl (C=O) groups is 2. The van der Waals surface area contributed by atoms with Gasteiger partial charge in [-0.1, -0.05) is 29.8 Å². The van der Waals surface area contributed by atoms with Crippen LogP contribution in [0.25, 0.3) is 0 Å². The highest BCUT2D eigenvalue weighted by Crippen LogP contribution is 2.19. The first-order valence-electron chi connectivity index (χ1n) is 7.64. The van der Waals surface area contributed by atoms with E-state index in [-0.39, 0.29) is 43.4 Å². The topological polar surface area (TPSA) is 90.6 Å². The van der Waals surface area contributed by atoms with Crippen LogP contribution < -0.4 is 11.1 Å². The average molecular weight is 359 g/mol. The molecule has 0 aliphatic carbocycles. The van der Waals surface area contributed by atoms with Crippen LogP contribution in [0.15, 0.2) is 24.3 Å². The molecular formula is C17H27ClN2O4. The fourth-order valence-corrected chi connectivity index (χ4v) is 2.06. The number of amides is 1. The maximum Gasteiger partial charge on any atom is 0.308 e. The first-order valence-corrected chi connectivity index (χ1v) is 7.64. The number of hydrogen-bond donors (Lipinski definition) is 2. The maximum absolute atomic E-state index is 12.1. The second-order valence-electron chi connectivity index (χ2n) is 5.78. The zero-order valence-electron chi connectivity index (χ0n) is 14.6. The highest BCUT2D eigenvalue weighted by atomic mass is 35.5. The number of methoxy groups -OCH3 is 1. The Labute approximate surface area is 149 Å². The van der Waals surface area contributed by atoms with Crippen molar-refractivity contribution >= 4 is 24.3 Å².